The number of carbonyl (C=O) groups is 2. The molecule has 0 aliphatic carbocycles. The Hall–Kier alpha value is -3.60. The molecule has 0 unspecified atom stereocenters. The molecular formula is C24H16ClF10N3O4. The van der Waals surface area contributed by atoms with Crippen molar-refractivity contribution < 1.29 is 63.2 Å². The lowest BCUT2D eigenvalue weighted by molar-refractivity contribution is -0.276. The second-order valence-electron chi connectivity index (χ2n) is 9.29. The van der Waals surface area contributed by atoms with Crippen molar-refractivity contribution in [3.63, 3.8) is 0 Å². The van der Waals surface area contributed by atoms with E-state index in [2.05, 4.69) is 20.1 Å². The summed E-state index contributed by atoms with van der Waals surface area (Å²) in [5.41, 5.74) is -7.43. The maximum atomic E-state index is 14.8. The van der Waals surface area contributed by atoms with Gasteiger partial charge in [-0.1, -0.05) is 22.8 Å². The Kier molecular flexibility index (Phi) is 7.90. The number of amides is 2. The van der Waals surface area contributed by atoms with Crippen molar-refractivity contribution in [1.29, 1.82) is 0 Å². The van der Waals surface area contributed by atoms with E-state index < -0.39 is 89.2 Å². The van der Waals surface area contributed by atoms with E-state index in [9.17, 15) is 53.5 Å². The van der Waals surface area contributed by atoms with Crippen molar-refractivity contribution in [1.82, 2.24) is 10.4 Å². The first-order chi connectivity index (χ1) is 19.2. The van der Waals surface area contributed by atoms with Crippen LogP contribution < -0.4 is 5.32 Å². The highest BCUT2D eigenvalue weighted by molar-refractivity contribution is 6.30. The van der Waals surface area contributed by atoms with E-state index in [0.717, 1.165) is 12.1 Å². The number of aryl methyl sites for hydroxylation is 1. The zero-order chi connectivity index (χ0) is 31.4. The van der Waals surface area contributed by atoms with Gasteiger partial charge in [-0.2, -0.15) is 39.5 Å². The molecule has 2 amide bonds. The first-order valence-corrected chi connectivity index (χ1v) is 11.9. The Balaban J connectivity index is 1.57. The summed E-state index contributed by atoms with van der Waals surface area (Å²) in [6.45, 7) is -0.950. The Morgan fingerprint density at radius 2 is 1.79 bits per heavy atom. The van der Waals surface area contributed by atoms with Crippen LogP contribution in [-0.4, -0.2) is 54.1 Å². The van der Waals surface area contributed by atoms with Crippen LogP contribution in [0.3, 0.4) is 0 Å². The van der Waals surface area contributed by atoms with E-state index in [4.69, 9.17) is 11.6 Å². The molecule has 1 N–H and O–H groups in total. The maximum Gasteiger partial charge on any atom is 0.435 e. The molecule has 2 aliphatic heterocycles. The Labute approximate surface area is 233 Å². The standard InChI is InChI=1S/C24H16ClF10N3O4/c1-10-4-11(2-3-13(10)19(39)36-17-8-41-38(20(17)40)9-22(27,28)29)16-7-21(42-37-16,24(33,34)35)14-5-12(23(30,31)32)6-15(25)18(14)26/h2-6,17H,7-9H2,1H3,(H,36,39)/t17-,21-/m0/s1. The van der Waals surface area contributed by atoms with E-state index in [1.165, 1.54) is 13.0 Å². The van der Waals surface area contributed by atoms with Crippen LogP contribution in [0.25, 0.3) is 0 Å². The fraction of sp³-hybridized carbons (Fsp3) is 0.375. The molecule has 0 aromatic heterocycles. The lowest BCUT2D eigenvalue weighted by atomic mass is 9.85. The predicted octanol–water partition coefficient (Wildman–Crippen LogP) is 5.82. The maximum absolute atomic E-state index is 14.8. The number of halogens is 11. The van der Waals surface area contributed by atoms with Gasteiger partial charge in [0.05, 0.1) is 22.7 Å². The smallest absolute Gasteiger partial charge is 0.374 e. The summed E-state index contributed by atoms with van der Waals surface area (Å²) < 4.78 is 135. The number of hydroxylamine groups is 2. The number of rotatable bonds is 5. The molecule has 18 heteroatoms. The lowest BCUT2D eigenvalue weighted by Gasteiger charge is -2.30. The molecule has 1 fully saturated rings. The Morgan fingerprint density at radius 1 is 1.12 bits per heavy atom. The molecule has 2 aliphatic rings. The number of oxime groups is 1. The average molecular weight is 636 g/mol. The second-order valence-corrected chi connectivity index (χ2v) is 9.70. The number of hydrogen-bond donors (Lipinski definition) is 1. The molecule has 2 atom stereocenters. The molecule has 7 nitrogen and oxygen atoms in total. The molecule has 0 saturated carbocycles. The van der Waals surface area contributed by atoms with E-state index in [1.807, 2.05) is 0 Å². The monoisotopic (exact) mass is 635 g/mol. The molecule has 2 aromatic carbocycles. The van der Waals surface area contributed by atoms with Crippen LogP contribution in [0, 0.1) is 12.7 Å². The van der Waals surface area contributed by atoms with Crippen LogP contribution in [0.1, 0.15) is 39.0 Å². The molecule has 1 saturated heterocycles. The van der Waals surface area contributed by atoms with E-state index >= 15 is 0 Å². The highest BCUT2D eigenvalue weighted by atomic mass is 35.5. The third-order valence-electron chi connectivity index (χ3n) is 6.35. The first-order valence-electron chi connectivity index (χ1n) is 11.5. The Morgan fingerprint density at radius 3 is 2.36 bits per heavy atom. The van der Waals surface area contributed by atoms with Crippen LogP contribution in [-0.2, 0) is 26.2 Å². The fourth-order valence-corrected chi connectivity index (χ4v) is 4.50. The van der Waals surface area contributed by atoms with E-state index in [0.29, 0.717) is 0 Å². The highest BCUT2D eigenvalue weighted by Gasteiger charge is 2.64. The van der Waals surface area contributed by atoms with Crippen molar-refractivity contribution in [3.05, 3.63) is 69.0 Å². The number of hydrogen-bond acceptors (Lipinski definition) is 5. The largest absolute Gasteiger partial charge is 0.435 e. The van der Waals surface area contributed by atoms with Crippen molar-refractivity contribution in [2.75, 3.05) is 13.2 Å². The predicted molar refractivity (Wildman–Crippen MR) is 123 cm³/mol. The van der Waals surface area contributed by atoms with Gasteiger partial charge >= 0.3 is 18.5 Å². The van der Waals surface area contributed by atoms with Crippen molar-refractivity contribution in [2.45, 2.75) is 43.5 Å². The van der Waals surface area contributed by atoms with Crippen LogP contribution in [0.2, 0.25) is 5.02 Å². The number of nitrogens with one attached hydrogen (secondary N) is 1. The van der Waals surface area contributed by atoms with Crippen molar-refractivity contribution in [2.24, 2.45) is 5.16 Å². The fourth-order valence-electron chi connectivity index (χ4n) is 4.28. The van der Waals surface area contributed by atoms with Crippen LogP contribution in [0.4, 0.5) is 43.9 Å². The molecular weight excluding hydrogens is 620 g/mol. The van der Waals surface area contributed by atoms with Gasteiger partial charge in [-0.05, 0) is 42.3 Å². The molecule has 0 bridgehead atoms. The third kappa shape index (κ3) is 5.97. The average Bonchev–Trinajstić information content (AvgIpc) is 3.44. The van der Waals surface area contributed by atoms with E-state index in [-0.39, 0.29) is 33.9 Å². The minimum Gasteiger partial charge on any atom is -0.374 e. The molecule has 2 heterocycles. The topological polar surface area (TPSA) is 80.2 Å². The second kappa shape index (κ2) is 10.6. The molecule has 2 aromatic rings. The van der Waals surface area contributed by atoms with Gasteiger partial charge in [0.2, 0.25) is 0 Å². The van der Waals surface area contributed by atoms with Crippen LogP contribution in [0.15, 0.2) is 35.5 Å². The summed E-state index contributed by atoms with van der Waals surface area (Å²) in [5, 5.41) is 4.38. The van der Waals surface area contributed by atoms with Gasteiger partial charge in [0.25, 0.3) is 17.4 Å². The zero-order valence-electron chi connectivity index (χ0n) is 20.8. The normalized spacial score (nSPS) is 21.4. The summed E-state index contributed by atoms with van der Waals surface area (Å²) in [6, 6.07) is 2.00. The number of benzene rings is 2. The van der Waals surface area contributed by atoms with Crippen LogP contribution >= 0.6 is 11.6 Å². The molecule has 42 heavy (non-hydrogen) atoms. The minimum absolute atomic E-state index is 0.0481. The van der Waals surface area contributed by atoms with Gasteiger partial charge in [0, 0.05) is 11.1 Å². The molecule has 0 radical (unpaired) electrons. The summed E-state index contributed by atoms with van der Waals surface area (Å²) in [7, 11) is 0. The molecule has 0 spiro atoms. The minimum atomic E-state index is -5.47. The van der Waals surface area contributed by atoms with Gasteiger partial charge in [0.1, 0.15) is 25.0 Å². The Bertz CT molecular complexity index is 1460. The summed E-state index contributed by atoms with van der Waals surface area (Å²) >= 11 is 5.49. The van der Waals surface area contributed by atoms with Crippen molar-refractivity contribution in [3.8, 4) is 0 Å². The number of alkyl halides is 9. The van der Waals surface area contributed by atoms with Crippen molar-refractivity contribution >= 4 is 29.1 Å². The number of nitrogens with zero attached hydrogens (tertiary/aromatic N) is 2. The summed E-state index contributed by atoms with van der Waals surface area (Å²) in [5.74, 6) is -3.87. The van der Waals surface area contributed by atoms with Gasteiger partial charge in [-0.25, -0.2) is 9.45 Å². The lowest BCUT2D eigenvalue weighted by Crippen LogP contribution is -2.44. The highest BCUT2D eigenvalue weighted by Crippen LogP contribution is 2.51. The van der Waals surface area contributed by atoms with E-state index in [1.54, 1.807) is 0 Å². The third-order valence-corrected chi connectivity index (χ3v) is 6.63. The van der Waals surface area contributed by atoms with Crippen LogP contribution in [0.5, 0.6) is 0 Å². The molecule has 228 valence electrons. The first kappa shape index (κ1) is 31.3. The quantitative estimate of drug-likeness (QED) is 0.420. The van der Waals surface area contributed by atoms with Gasteiger partial charge in [0.15, 0.2) is 0 Å². The number of carbonyl (C=O) groups excluding carboxylic acids is 2. The van der Waals surface area contributed by atoms with Gasteiger partial charge < -0.3 is 10.2 Å². The summed E-state index contributed by atoms with van der Waals surface area (Å²) in [6.07, 6.45) is -16.7. The summed E-state index contributed by atoms with van der Waals surface area (Å²) in [4.78, 5) is 34.1. The SMILES string of the molecule is Cc1cc(C2=NO[C@@](c3cc(C(F)(F)F)cc(Cl)c3F)(C(F)(F)F)C2)ccc1C(=O)N[C@H]1CON(CC(F)(F)F)C1=O. The molecule has 4 rings (SSSR count). The van der Waals surface area contributed by atoms with Gasteiger partial charge in [-0.3, -0.25) is 14.4 Å². The zero-order valence-corrected chi connectivity index (χ0v) is 21.5. The van der Waals surface area contributed by atoms with Gasteiger partial charge in [-0.15, -0.1) is 0 Å².